The molecule has 0 radical (unpaired) electrons. The lowest BCUT2D eigenvalue weighted by molar-refractivity contribution is -0.137. The first-order valence-corrected chi connectivity index (χ1v) is 10.5. The quantitative estimate of drug-likeness (QED) is 0.607. The number of nitrogens with zero attached hydrogens (tertiary/aromatic N) is 3. The summed E-state index contributed by atoms with van der Waals surface area (Å²) in [5.41, 5.74) is 4.40. The lowest BCUT2D eigenvalue weighted by Crippen LogP contribution is -2.56. The Labute approximate surface area is 177 Å². The number of rotatable bonds is 9. The van der Waals surface area contributed by atoms with Gasteiger partial charge in [-0.15, -0.1) is 0 Å². The number of primary amides is 1. The molecule has 2 saturated heterocycles. The van der Waals surface area contributed by atoms with Crippen LogP contribution in [0.3, 0.4) is 0 Å². The number of methoxy groups -OCH3 is 1. The van der Waals surface area contributed by atoms with E-state index in [-0.39, 0.29) is 12.5 Å². The Morgan fingerprint density at radius 2 is 1.90 bits per heavy atom. The molecule has 166 valence electrons. The molecule has 4 amide bonds. The van der Waals surface area contributed by atoms with E-state index in [9.17, 15) is 14.4 Å². The van der Waals surface area contributed by atoms with Gasteiger partial charge in [-0.2, -0.15) is 0 Å². The third-order valence-corrected chi connectivity index (χ3v) is 5.93. The van der Waals surface area contributed by atoms with Gasteiger partial charge in [0.25, 0.3) is 5.91 Å². The molecule has 2 fully saturated rings. The summed E-state index contributed by atoms with van der Waals surface area (Å²) in [5.74, 6) is 1.04. The number of hydrogen-bond donors (Lipinski definition) is 1. The zero-order valence-corrected chi connectivity index (χ0v) is 18.1. The summed E-state index contributed by atoms with van der Waals surface area (Å²) in [7, 11) is 1.62. The van der Waals surface area contributed by atoms with Gasteiger partial charge < -0.3 is 19.8 Å². The van der Waals surface area contributed by atoms with Crippen LogP contribution in [0.5, 0.6) is 0 Å². The predicted octanol–water partition coefficient (Wildman–Crippen LogP) is 1.56. The summed E-state index contributed by atoms with van der Waals surface area (Å²) in [6.45, 7) is 6.68. The van der Waals surface area contributed by atoms with E-state index in [1.807, 2.05) is 12.1 Å². The second-order valence-corrected chi connectivity index (χ2v) is 8.58. The highest BCUT2D eigenvalue weighted by molar-refractivity contribution is 6.09. The SMILES string of the molecule is COCc1ccc(CN2CCC3(CC2)C(=O)N(CC(N)=O)C(=O)N3CCC(C)C)o1. The first-order chi connectivity index (χ1) is 14.3. The average Bonchev–Trinajstić information content (AvgIpc) is 3.19. The molecule has 9 heteroatoms. The Bertz CT molecular complexity index is 782. The van der Waals surface area contributed by atoms with E-state index in [4.69, 9.17) is 14.9 Å². The van der Waals surface area contributed by atoms with Crippen LogP contribution < -0.4 is 5.73 Å². The normalized spacial score (nSPS) is 19.5. The topological polar surface area (TPSA) is 109 Å². The molecule has 30 heavy (non-hydrogen) atoms. The molecule has 0 saturated carbocycles. The van der Waals surface area contributed by atoms with E-state index in [1.165, 1.54) is 0 Å². The van der Waals surface area contributed by atoms with Crippen molar-refractivity contribution in [3.8, 4) is 0 Å². The van der Waals surface area contributed by atoms with Gasteiger partial charge in [0.15, 0.2) is 0 Å². The molecule has 0 aliphatic carbocycles. The highest BCUT2D eigenvalue weighted by atomic mass is 16.5. The number of imide groups is 1. The van der Waals surface area contributed by atoms with E-state index in [0.717, 1.165) is 22.8 Å². The Hall–Kier alpha value is -2.39. The Kier molecular flexibility index (Phi) is 6.82. The van der Waals surface area contributed by atoms with Crippen LogP contribution in [0.25, 0.3) is 0 Å². The molecule has 0 atom stereocenters. The van der Waals surface area contributed by atoms with E-state index in [0.29, 0.717) is 51.5 Å². The number of likely N-dealkylation sites (tertiary alicyclic amines) is 1. The number of hydrogen-bond acceptors (Lipinski definition) is 6. The number of ether oxygens (including phenoxy) is 1. The van der Waals surface area contributed by atoms with Crippen LogP contribution in [0, 0.1) is 5.92 Å². The summed E-state index contributed by atoms with van der Waals surface area (Å²) < 4.78 is 10.9. The number of carbonyl (C=O) groups is 3. The van der Waals surface area contributed by atoms with Crippen LogP contribution in [0.2, 0.25) is 0 Å². The maximum absolute atomic E-state index is 13.2. The summed E-state index contributed by atoms with van der Waals surface area (Å²) >= 11 is 0. The molecule has 3 rings (SSSR count). The van der Waals surface area contributed by atoms with Gasteiger partial charge >= 0.3 is 6.03 Å². The van der Waals surface area contributed by atoms with E-state index < -0.39 is 17.5 Å². The highest BCUT2D eigenvalue weighted by Crippen LogP contribution is 2.38. The Morgan fingerprint density at radius 3 is 2.50 bits per heavy atom. The molecule has 1 aromatic rings. The molecule has 0 unspecified atom stereocenters. The van der Waals surface area contributed by atoms with Gasteiger partial charge in [-0.25, -0.2) is 4.79 Å². The second-order valence-electron chi connectivity index (χ2n) is 8.58. The standard InChI is InChI=1S/C21H32N4O5/c1-15(2)6-9-25-20(28)24(13-18(22)26)19(27)21(25)7-10-23(11-8-21)12-16-4-5-17(30-16)14-29-3/h4-5,15H,6-14H2,1-3H3,(H2,22,26). The van der Waals surface area contributed by atoms with Crippen molar-refractivity contribution in [3.05, 3.63) is 23.7 Å². The molecule has 0 aromatic carbocycles. The maximum atomic E-state index is 13.2. The van der Waals surface area contributed by atoms with Crippen LogP contribution in [0.15, 0.2) is 16.5 Å². The fraction of sp³-hybridized carbons (Fsp3) is 0.667. The fourth-order valence-corrected chi connectivity index (χ4v) is 4.29. The smallest absolute Gasteiger partial charge is 0.328 e. The molecule has 0 bridgehead atoms. The van der Waals surface area contributed by atoms with Crippen molar-refractivity contribution in [2.24, 2.45) is 11.7 Å². The number of urea groups is 1. The van der Waals surface area contributed by atoms with Crippen molar-refractivity contribution in [1.29, 1.82) is 0 Å². The van der Waals surface area contributed by atoms with Crippen LogP contribution in [0.1, 0.15) is 44.6 Å². The summed E-state index contributed by atoms with van der Waals surface area (Å²) in [5, 5.41) is 0. The monoisotopic (exact) mass is 420 g/mol. The Balaban J connectivity index is 1.71. The molecule has 1 spiro atoms. The third-order valence-electron chi connectivity index (χ3n) is 5.93. The van der Waals surface area contributed by atoms with Crippen LogP contribution in [-0.2, 0) is 27.5 Å². The second kappa shape index (κ2) is 9.18. The van der Waals surface area contributed by atoms with Crippen LogP contribution in [-0.4, -0.2) is 71.4 Å². The van der Waals surface area contributed by atoms with Crippen molar-refractivity contribution in [2.75, 3.05) is 33.3 Å². The Morgan fingerprint density at radius 1 is 1.23 bits per heavy atom. The molecule has 2 aliphatic heterocycles. The first-order valence-electron chi connectivity index (χ1n) is 10.5. The fourth-order valence-electron chi connectivity index (χ4n) is 4.29. The minimum atomic E-state index is -0.887. The van der Waals surface area contributed by atoms with Gasteiger partial charge in [0.05, 0.1) is 6.54 Å². The van der Waals surface area contributed by atoms with E-state index >= 15 is 0 Å². The summed E-state index contributed by atoms with van der Waals surface area (Å²) in [6.07, 6.45) is 1.84. The van der Waals surface area contributed by atoms with Gasteiger partial charge in [0.1, 0.15) is 30.2 Å². The molecular weight excluding hydrogens is 388 g/mol. The first kappa shape index (κ1) is 22.3. The lowest BCUT2D eigenvalue weighted by Gasteiger charge is -2.42. The molecule has 1 aromatic heterocycles. The van der Waals surface area contributed by atoms with Gasteiger partial charge in [-0.05, 0) is 37.3 Å². The van der Waals surface area contributed by atoms with Crippen molar-refractivity contribution in [3.63, 3.8) is 0 Å². The zero-order valence-electron chi connectivity index (χ0n) is 18.1. The van der Waals surface area contributed by atoms with E-state index in [1.54, 1.807) is 12.0 Å². The predicted molar refractivity (Wildman–Crippen MR) is 109 cm³/mol. The maximum Gasteiger partial charge on any atom is 0.328 e. The third kappa shape index (κ3) is 4.52. The zero-order chi connectivity index (χ0) is 21.9. The number of nitrogens with two attached hydrogens (primary N) is 1. The molecular formula is C21H32N4O5. The van der Waals surface area contributed by atoms with E-state index in [2.05, 4.69) is 18.7 Å². The van der Waals surface area contributed by atoms with Gasteiger partial charge in [0.2, 0.25) is 5.91 Å². The van der Waals surface area contributed by atoms with Crippen molar-refractivity contribution in [1.82, 2.24) is 14.7 Å². The lowest BCUT2D eigenvalue weighted by atomic mass is 9.85. The minimum Gasteiger partial charge on any atom is -0.462 e. The van der Waals surface area contributed by atoms with Crippen molar-refractivity contribution in [2.45, 2.75) is 51.8 Å². The molecule has 3 heterocycles. The van der Waals surface area contributed by atoms with Gasteiger partial charge in [-0.1, -0.05) is 13.8 Å². The van der Waals surface area contributed by atoms with Gasteiger partial charge in [0, 0.05) is 26.7 Å². The van der Waals surface area contributed by atoms with Crippen LogP contribution >= 0.6 is 0 Å². The van der Waals surface area contributed by atoms with Gasteiger partial charge in [-0.3, -0.25) is 19.4 Å². The highest BCUT2D eigenvalue weighted by Gasteiger charge is 2.57. The number of amides is 4. The largest absolute Gasteiger partial charge is 0.462 e. The minimum absolute atomic E-state index is 0.296. The molecule has 9 nitrogen and oxygen atoms in total. The van der Waals surface area contributed by atoms with Crippen LogP contribution in [0.4, 0.5) is 4.79 Å². The van der Waals surface area contributed by atoms with Crippen molar-refractivity contribution < 1.29 is 23.5 Å². The molecule has 2 aliphatic rings. The molecule has 2 N–H and O–H groups in total. The summed E-state index contributed by atoms with van der Waals surface area (Å²) in [4.78, 5) is 42.5. The summed E-state index contributed by atoms with van der Waals surface area (Å²) in [6, 6.07) is 3.44. The number of piperidine rings is 1. The van der Waals surface area contributed by atoms with Crippen molar-refractivity contribution >= 4 is 17.8 Å². The number of furan rings is 1. The number of carbonyl (C=O) groups excluding carboxylic acids is 3. The average molecular weight is 421 g/mol.